The van der Waals surface area contributed by atoms with E-state index in [1.165, 1.54) is 0 Å². The number of aromatic nitrogens is 2. The van der Waals surface area contributed by atoms with Gasteiger partial charge in [0.25, 0.3) is 0 Å². The van der Waals surface area contributed by atoms with E-state index in [-0.39, 0.29) is 11.7 Å². The van der Waals surface area contributed by atoms with E-state index < -0.39 is 12.1 Å². The zero-order valence-electron chi connectivity index (χ0n) is 12.1. The van der Waals surface area contributed by atoms with Gasteiger partial charge in [0.1, 0.15) is 0 Å². The van der Waals surface area contributed by atoms with Gasteiger partial charge >= 0.3 is 12.1 Å². The second-order valence-electron chi connectivity index (χ2n) is 5.39. The van der Waals surface area contributed by atoms with Crippen LogP contribution >= 0.6 is 0 Å². The summed E-state index contributed by atoms with van der Waals surface area (Å²) in [7, 11) is 0. The Morgan fingerprint density at radius 2 is 1.91 bits per heavy atom. The number of carbonyl (C=O) groups is 1. The van der Waals surface area contributed by atoms with Gasteiger partial charge in [0.2, 0.25) is 11.7 Å². The lowest BCUT2D eigenvalue weighted by Gasteiger charge is -2.26. The Morgan fingerprint density at radius 3 is 2.52 bits per heavy atom. The topological polar surface area (TPSA) is 59.2 Å². The number of rotatable bonds is 3. The molecule has 2 heterocycles. The van der Waals surface area contributed by atoms with Crippen molar-refractivity contribution in [2.75, 3.05) is 6.54 Å². The highest BCUT2D eigenvalue weighted by atomic mass is 19.4. The fourth-order valence-electron chi connectivity index (χ4n) is 2.46. The van der Waals surface area contributed by atoms with Crippen molar-refractivity contribution < 1.29 is 22.5 Å². The molecule has 0 bridgehead atoms. The first-order valence-corrected chi connectivity index (χ1v) is 7.21. The Hall–Kier alpha value is -2.38. The number of alkyl halides is 3. The Labute approximate surface area is 130 Å². The van der Waals surface area contributed by atoms with Gasteiger partial charge in [-0.15, -0.1) is 0 Å². The monoisotopic (exact) mass is 325 g/mol. The number of piperidine rings is 1. The molecule has 1 aromatic carbocycles. The number of likely N-dealkylation sites (tertiary alicyclic amines) is 1. The maximum Gasteiger partial charge on any atom is 0.471 e. The number of benzene rings is 1. The molecule has 0 saturated carbocycles. The first kappa shape index (κ1) is 15.5. The Kier molecular flexibility index (Phi) is 4.06. The fraction of sp³-hybridized carbons (Fsp3) is 0.400. The molecule has 1 amide bonds. The second-order valence-corrected chi connectivity index (χ2v) is 5.39. The van der Waals surface area contributed by atoms with Crippen LogP contribution in [0.1, 0.15) is 30.7 Å². The van der Waals surface area contributed by atoms with E-state index in [1.807, 2.05) is 0 Å². The summed E-state index contributed by atoms with van der Waals surface area (Å²) in [6.45, 7) is 1.24. The largest absolute Gasteiger partial charge is 0.471 e. The molecule has 1 fully saturated rings. The molecule has 0 spiro atoms. The summed E-state index contributed by atoms with van der Waals surface area (Å²) in [5, 5.41) is 3.34. The lowest BCUT2D eigenvalue weighted by Crippen LogP contribution is -2.34. The zero-order valence-corrected chi connectivity index (χ0v) is 12.1. The average Bonchev–Trinajstić information content (AvgIpc) is 3.00. The van der Waals surface area contributed by atoms with E-state index in [1.54, 1.807) is 29.2 Å². The minimum absolute atomic E-state index is 0.113. The molecule has 0 unspecified atom stereocenters. The predicted octanol–water partition coefficient (Wildman–Crippen LogP) is 3.27. The predicted molar refractivity (Wildman–Crippen MR) is 74.0 cm³/mol. The van der Waals surface area contributed by atoms with Crippen molar-refractivity contribution in [3.63, 3.8) is 0 Å². The molecule has 23 heavy (non-hydrogen) atoms. The number of amides is 1. The second kappa shape index (κ2) is 6.02. The van der Waals surface area contributed by atoms with E-state index in [0.717, 1.165) is 24.9 Å². The summed E-state index contributed by atoms with van der Waals surface area (Å²) in [6, 6.07) is 6.74. The van der Waals surface area contributed by atoms with Gasteiger partial charge in [-0.25, -0.2) is 0 Å². The third-order valence-electron chi connectivity index (χ3n) is 3.68. The smallest absolute Gasteiger partial charge is 0.338 e. The van der Waals surface area contributed by atoms with Gasteiger partial charge in [-0.1, -0.05) is 29.4 Å². The molecule has 8 heteroatoms. The number of halogens is 3. The SMILES string of the molecule is O=C1CCCCN1Cc1ccc(-c2noc(C(F)(F)F)n2)cc1. The van der Waals surface area contributed by atoms with Gasteiger partial charge in [0.15, 0.2) is 0 Å². The summed E-state index contributed by atoms with van der Waals surface area (Å²) < 4.78 is 41.5. The van der Waals surface area contributed by atoms with E-state index in [2.05, 4.69) is 14.7 Å². The van der Waals surface area contributed by atoms with Crippen LogP contribution in [0.5, 0.6) is 0 Å². The maximum absolute atomic E-state index is 12.4. The molecule has 0 aliphatic carbocycles. The van der Waals surface area contributed by atoms with Crippen molar-refractivity contribution in [3.05, 3.63) is 35.7 Å². The molecule has 1 saturated heterocycles. The lowest BCUT2D eigenvalue weighted by atomic mass is 10.1. The van der Waals surface area contributed by atoms with Crippen LogP contribution < -0.4 is 0 Å². The van der Waals surface area contributed by atoms with Crippen LogP contribution in [0.3, 0.4) is 0 Å². The van der Waals surface area contributed by atoms with E-state index >= 15 is 0 Å². The Balaban J connectivity index is 1.72. The Bertz CT molecular complexity index is 695. The molecule has 2 aromatic rings. The van der Waals surface area contributed by atoms with Crippen molar-refractivity contribution >= 4 is 5.91 Å². The highest BCUT2D eigenvalue weighted by Gasteiger charge is 2.38. The molecule has 0 radical (unpaired) electrons. The van der Waals surface area contributed by atoms with Gasteiger partial charge < -0.3 is 9.42 Å². The molecule has 3 rings (SSSR count). The van der Waals surface area contributed by atoms with Crippen LogP contribution in [0.25, 0.3) is 11.4 Å². The summed E-state index contributed by atoms with van der Waals surface area (Å²) in [5.41, 5.74) is 1.33. The van der Waals surface area contributed by atoms with Crippen molar-refractivity contribution in [1.29, 1.82) is 0 Å². The van der Waals surface area contributed by atoms with Gasteiger partial charge in [-0.2, -0.15) is 18.2 Å². The Morgan fingerprint density at radius 1 is 1.17 bits per heavy atom. The molecule has 1 aromatic heterocycles. The highest BCUT2D eigenvalue weighted by Crippen LogP contribution is 2.29. The highest BCUT2D eigenvalue weighted by molar-refractivity contribution is 5.76. The van der Waals surface area contributed by atoms with Crippen LogP contribution in [0, 0.1) is 0 Å². The third kappa shape index (κ3) is 3.52. The third-order valence-corrected chi connectivity index (χ3v) is 3.68. The van der Waals surface area contributed by atoms with E-state index in [9.17, 15) is 18.0 Å². The van der Waals surface area contributed by atoms with E-state index in [0.29, 0.717) is 18.5 Å². The molecule has 0 atom stereocenters. The molecular formula is C15H14F3N3O2. The summed E-state index contributed by atoms with van der Waals surface area (Å²) in [4.78, 5) is 16.9. The minimum atomic E-state index is -4.65. The van der Waals surface area contributed by atoms with E-state index in [4.69, 9.17) is 0 Å². The molecule has 5 nitrogen and oxygen atoms in total. The minimum Gasteiger partial charge on any atom is -0.338 e. The molecule has 0 N–H and O–H groups in total. The first-order chi connectivity index (χ1) is 10.9. The quantitative estimate of drug-likeness (QED) is 0.869. The van der Waals surface area contributed by atoms with Crippen LogP contribution in [-0.4, -0.2) is 27.5 Å². The average molecular weight is 325 g/mol. The molecule has 1 aliphatic rings. The normalized spacial score (nSPS) is 16.0. The van der Waals surface area contributed by atoms with Gasteiger partial charge in [0.05, 0.1) is 0 Å². The number of hydrogen-bond acceptors (Lipinski definition) is 4. The standard InChI is InChI=1S/C15H14F3N3O2/c16-15(17,18)14-19-13(20-23-14)11-6-4-10(5-7-11)9-21-8-2-1-3-12(21)22/h4-7H,1-3,8-9H2. The van der Waals surface area contributed by atoms with Crippen LogP contribution in [0.15, 0.2) is 28.8 Å². The van der Waals surface area contributed by atoms with Crippen LogP contribution in [0.4, 0.5) is 13.2 Å². The number of carbonyl (C=O) groups excluding carboxylic acids is 1. The van der Waals surface area contributed by atoms with Crippen LogP contribution in [0.2, 0.25) is 0 Å². The number of nitrogens with zero attached hydrogens (tertiary/aromatic N) is 3. The zero-order chi connectivity index (χ0) is 16.4. The summed E-state index contributed by atoms with van der Waals surface area (Å²) >= 11 is 0. The van der Waals surface area contributed by atoms with Crippen molar-refractivity contribution in [1.82, 2.24) is 15.0 Å². The van der Waals surface area contributed by atoms with Gasteiger partial charge in [-0.3, -0.25) is 4.79 Å². The van der Waals surface area contributed by atoms with Gasteiger partial charge in [0, 0.05) is 25.1 Å². The fourth-order valence-corrected chi connectivity index (χ4v) is 2.46. The molecule has 1 aliphatic heterocycles. The summed E-state index contributed by atoms with van der Waals surface area (Å²) in [6.07, 6.45) is -2.17. The van der Waals surface area contributed by atoms with Crippen molar-refractivity contribution in [2.45, 2.75) is 32.0 Å². The number of hydrogen-bond donors (Lipinski definition) is 0. The van der Waals surface area contributed by atoms with Gasteiger partial charge in [-0.05, 0) is 18.4 Å². The van der Waals surface area contributed by atoms with Crippen molar-refractivity contribution in [2.24, 2.45) is 0 Å². The van der Waals surface area contributed by atoms with Crippen molar-refractivity contribution in [3.8, 4) is 11.4 Å². The lowest BCUT2D eigenvalue weighted by molar-refractivity contribution is -0.159. The first-order valence-electron chi connectivity index (χ1n) is 7.21. The van der Waals surface area contributed by atoms with Crippen LogP contribution in [-0.2, 0) is 17.5 Å². The maximum atomic E-state index is 12.4. The molecule has 122 valence electrons. The summed E-state index contributed by atoms with van der Waals surface area (Å²) in [5.74, 6) is -1.35. The molecular weight excluding hydrogens is 311 g/mol.